The maximum Gasteiger partial charge on any atom is 0.125 e. The third-order valence-corrected chi connectivity index (χ3v) is 14.5. The van der Waals surface area contributed by atoms with E-state index < -0.39 is 0 Å². The smallest absolute Gasteiger partial charge is 0.125 e. The van der Waals surface area contributed by atoms with E-state index in [2.05, 4.69) is 26.8 Å². The zero-order valence-corrected chi connectivity index (χ0v) is 44.2. The summed E-state index contributed by atoms with van der Waals surface area (Å²) in [6.45, 7) is 6.71. The number of unbranched alkanes of at least 4 members (excludes halogenated alkanes) is 50. The van der Waals surface area contributed by atoms with Crippen LogP contribution in [0.25, 0.3) is 0 Å². The summed E-state index contributed by atoms with van der Waals surface area (Å²) in [4.78, 5) is 9.60. The second-order valence-corrected chi connectivity index (χ2v) is 21.1. The normalized spacial score (nSPS) is 11.7. The fourth-order valence-electron chi connectivity index (χ4n) is 10.2. The summed E-state index contributed by atoms with van der Waals surface area (Å²) in [7, 11) is 0. The highest BCUT2D eigenvalue weighted by Gasteiger charge is 2.04. The van der Waals surface area contributed by atoms with Crippen molar-refractivity contribution < 1.29 is 0 Å². The third-order valence-electron chi connectivity index (χ3n) is 14.5. The van der Waals surface area contributed by atoms with Crippen molar-refractivity contribution in [2.24, 2.45) is 0 Å². The largest absolute Gasteiger partial charge is 0.238 e. The molecule has 2 heteroatoms. The van der Waals surface area contributed by atoms with E-state index >= 15 is 0 Å². The van der Waals surface area contributed by atoms with Crippen LogP contribution in [0.4, 0.5) is 0 Å². The predicted molar refractivity (Wildman–Crippen MR) is 286 cm³/mol. The Kier molecular flexibility index (Phi) is 49.7. The number of hydrogen-bond donors (Lipinski definition) is 0. The van der Waals surface area contributed by atoms with Crippen molar-refractivity contribution in [1.29, 1.82) is 0 Å². The minimum atomic E-state index is 0.979. The molecule has 1 rings (SSSR count). The fourth-order valence-corrected chi connectivity index (χ4v) is 10.2. The molecule has 2 nitrogen and oxygen atoms in total. The van der Waals surface area contributed by atoms with Gasteiger partial charge in [-0.3, -0.25) is 0 Å². The molecule has 0 amide bonds. The molecule has 372 valence electrons. The Bertz CT molecular complexity index is 913. The van der Waals surface area contributed by atoms with Gasteiger partial charge >= 0.3 is 0 Å². The monoisotopic (exact) mass is 879 g/mol. The molecule has 0 aliphatic rings. The van der Waals surface area contributed by atoms with Gasteiger partial charge in [0, 0.05) is 11.4 Å². The highest BCUT2D eigenvalue weighted by molar-refractivity contribution is 5.11. The van der Waals surface area contributed by atoms with Gasteiger partial charge < -0.3 is 0 Å². The van der Waals surface area contributed by atoms with Crippen LogP contribution in [-0.4, -0.2) is 9.97 Å². The Morgan fingerprint density at radius 2 is 0.365 bits per heavy atom. The van der Waals surface area contributed by atoms with Gasteiger partial charge in [-0.25, -0.2) is 9.97 Å². The second-order valence-electron chi connectivity index (χ2n) is 21.1. The van der Waals surface area contributed by atoms with E-state index in [1.807, 2.05) is 0 Å². The average Bonchev–Trinajstić information content (AvgIpc) is 3.28. The van der Waals surface area contributed by atoms with E-state index in [-0.39, 0.29) is 0 Å². The van der Waals surface area contributed by atoms with Crippen LogP contribution in [0.2, 0.25) is 0 Å². The first-order chi connectivity index (χ1) is 31.3. The standard InChI is InChI=1S/C61H118N2/c1-4-6-8-10-12-14-16-18-20-22-24-26-28-30-32-34-36-38-40-42-44-46-48-50-52-54-56-60-58-61(63-59(3)62-60)57-55-53-51-49-47-45-43-41-39-37-35-33-31-29-27-25-23-21-19-17-15-13-11-9-7-5-2/h58H,4-57H2,1-3H3. The van der Waals surface area contributed by atoms with Gasteiger partial charge in [-0.05, 0) is 38.7 Å². The van der Waals surface area contributed by atoms with Crippen molar-refractivity contribution >= 4 is 0 Å². The lowest BCUT2D eigenvalue weighted by Crippen LogP contribution is -2.01. The summed E-state index contributed by atoms with van der Waals surface area (Å²) >= 11 is 0. The molecular weight excluding hydrogens is 761 g/mol. The van der Waals surface area contributed by atoms with Crippen LogP contribution < -0.4 is 0 Å². The molecule has 0 N–H and O–H groups in total. The Morgan fingerprint density at radius 1 is 0.222 bits per heavy atom. The van der Waals surface area contributed by atoms with Crippen LogP contribution in [0, 0.1) is 6.92 Å². The number of aryl methyl sites for hydroxylation is 3. The first-order valence-corrected chi connectivity index (χ1v) is 30.1. The first-order valence-electron chi connectivity index (χ1n) is 30.1. The quantitative estimate of drug-likeness (QED) is 0.0609. The Balaban J connectivity index is 1.79. The van der Waals surface area contributed by atoms with Gasteiger partial charge in [0.2, 0.25) is 0 Å². The molecule has 0 spiro atoms. The molecular formula is C61H118N2. The van der Waals surface area contributed by atoms with Crippen LogP contribution >= 0.6 is 0 Å². The van der Waals surface area contributed by atoms with E-state index in [1.54, 1.807) is 0 Å². The summed E-state index contributed by atoms with van der Waals surface area (Å²) in [5, 5.41) is 0. The maximum atomic E-state index is 4.80. The Hall–Kier alpha value is -0.920. The lowest BCUT2D eigenvalue weighted by atomic mass is 10.0. The SMILES string of the molecule is CCCCCCCCCCCCCCCCCCCCCCCCCCCCc1cc(CCCCCCCCCCCCCCCCCCCCCCCCCCCC)nc(C)n1. The van der Waals surface area contributed by atoms with Crippen LogP contribution in [0.5, 0.6) is 0 Å². The minimum absolute atomic E-state index is 0.979. The second kappa shape index (κ2) is 52.1. The Labute approximate surface area is 399 Å². The van der Waals surface area contributed by atoms with Gasteiger partial charge in [-0.1, -0.05) is 335 Å². The summed E-state index contributed by atoms with van der Waals surface area (Å²) in [5.41, 5.74) is 2.58. The van der Waals surface area contributed by atoms with Gasteiger partial charge in [0.05, 0.1) is 0 Å². The zero-order chi connectivity index (χ0) is 45.0. The molecule has 63 heavy (non-hydrogen) atoms. The molecule has 0 bridgehead atoms. The van der Waals surface area contributed by atoms with E-state index in [0.717, 1.165) is 18.7 Å². The summed E-state index contributed by atoms with van der Waals surface area (Å²) < 4.78 is 0. The molecule has 0 saturated heterocycles. The highest BCUT2D eigenvalue weighted by Crippen LogP contribution is 2.19. The summed E-state index contributed by atoms with van der Waals surface area (Å²) in [6.07, 6.45) is 77.8. The molecule has 1 aromatic heterocycles. The molecule has 0 aromatic carbocycles. The van der Waals surface area contributed by atoms with Crippen molar-refractivity contribution in [3.63, 3.8) is 0 Å². The predicted octanol–water partition coefficient (Wildman–Crippen LogP) is 22.2. The number of rotatable bonds is 54. The lowest BCUT2D eigenvalue weighted by Gasteiger charge is -2.07. The van der Waals surface area contributed by atoms with Gasteiger partial charge in [0.25, 0.3) is 0 Å². The van der Waals surface area contributed by atoms with Crippen molar-refractivity contribution in [3.8, 4) is 0 Å². The molecule has 0 unspecified atom stereocenters. The van der Waals surface area contributed by atoms with Crippen LogP contribution in [0.1, 0.15) is 365 Å². The zero-order valence-electron chi connectivity index (χ0n) is 44.2. The van der Waals surface area contributed by atoms with Gasteiger partial charge in [0.1, 0.15) is 5.82 Å². The van der Waals surface area contributed by atoms with E-state index in [9.17, 15) is 0 Å². The fraction of sp³-hybridized carbons (Fsp3) is 0.934. The van der Waals surface area contributed by atoms with E-state index in [1.165, 1.54) is 345 Å². The molecule has 0 fully saturated rings. The van der Waals surface area contributed by atoms with Gasteiger partial charge in [-0.15, -0.1) is 0 Å². The molecule has 0 aliphatic carbocycles. The molecule has 1 aromatic rings. The topological polar surface area (TPSA) is 25.8 Å². The highest BCUT2D eigenvalue weighted by atomic mass is 14.9. The first kappa shape index (κ1) is 60.1. The molecule has 0 saturated carbocycles. The van der Waals surface area contributed by atoms with Crippen molar-refractivity contribution in [2.45, 2.75) is 367 Å². The minimum Gasteiger partial charge on any atom is -0.238 e. The number of aromatic nitrogens is 2. The molecule has 1 heterocycles. The molecule has 0 radical (unpaired) electrons. The average molecular weight is 880 g/mol. The summed E-state index contributed by atoms with van der Waals surface area (Å²) in [6, 6.07) is 2.33. The third kappa shape index (κ3) is 47.4. The molecule has 0 aliphatic heterocycles. The van der Waals surface area contributed by atoms with Crippen molar-refractivity contribution in [3.05, 3.63) is 23.3 Å². The van der Waals surface area contributed by atoms with Crippen LogP contribution in [0.3, 0.4) is 0 Å². The van der Waals surface area contributed by atoms with Crippen LogP contribution in [-0.2, 0) is 12.8 Å². The number of nitrogens with zero attached hydrogens (tertiary/aromatic N) is 2. The van der Waals surface area contributed by atoms with Gasteiger partial charge in [-0.2, -0.15) is 0 Å². The van der Waals surface area contributed by atoms with E-state index in [0.29, 0.717) is 0 Å². The van der Waals surface area contributed by atoms with Crippen molar-refractivity contribution in [1.82, 2.24) is 9.97 Å². The lowest BCUT2D eigenvalue weighted by molar-refractivity contribution is 0.515. The van der Waals surface area contributed by atoms with Crippen LogP contribution in [0.15, 0.2) is 6.07 Å². The Morgan fingerprint density at radius 3 is 0.524 bits per heavy atom. The summed E-state index contributed by atoms with van der Waals surface area (Å²) in [5.74, 6) is 0.979. The maximum absolute atomic E-state index is 4.80. The number of hydrogen-bond acceptors (Lipinski definition) is 2. The molecule has 0 atom stereocenters. The van der Waals surface area contributed by atoms with E-state index in [4.69, 9.17) is 9.97 Å². The van der Waals surface area contributed by atoms with Crippen molar-refractivity contribution in [2.75, 3.05) is 0 Å². The van der Waals surface area contributed by atoms with Gasteiger partial charge in [0.15, 0.2) is 0 Å².